The van der Waals surface area contributed by atoms with E-state index in [2.05, 4.69) is 17.5 Å². The van der Waals surface area contributed by atoms with Crippen LogP contribution in [0.25, 0.3) is 0 Å². The number of hydrogen-bond donors (Lipinski definition) is 1. The van der Waals surface area contributed by atoms with Crippen molar-refractivity contribution in [2.24, 2.45) is 0 Å². The first kappa shape index (κ1) is 7.92. The van der Waals surface area contributed by atoms with Gasteiger partial charge in [-0.15, -0.1) is 0 Å². The zero-order valence-electron chi connectivity index (χ0n) is 6.07. The molecule has 0 amide bonds. The molecule has 0 atom stereocenters. The average molecular weight is 116 g/mol. The van der Waals surface area contributed by atoms with Crippen molar-refractivity contribution in [2.45, 2.75) is 20.3 Å². The van der Waals surface area contributed by atoms with Crippen LogP contribution in [-0.2, 0) is 0 Å². The van der Waals surface area contributed by atoms with Crippen LogP contribution in [-0.4, -0.2) is 25.1 Å². The van der Waals surface area contributed by atoms with Crippen molar-refractivity contribution < 1.29 is 0 Å². The number of nitrogens with zero attached hydrogens (tertiary/aromatic N) is 1. The highest BCUT2D eigenvalue weighted by Gasteiger charge is 2.01. The Kier molecular flexibility index (Phi) is 5.01. The molecule has 1 saturated heterocycles. The predicted octanol–water partition coefficient (Wildman–Crippen LogP) is 0.853. The summed E-state index contributed by atoms with van der Waals surface area (Å²) in [5, 5.41) is 2.11. The molecule has 8 heavy (non-hydrogen) atoms. The van der Waals surface area contributed by atoms with Gasteiger partial charge in [0.15, 0.2) is 0 Å². The van der Waals surface area contributed by atoms with Gasteiger partial charge in [0.1, 0.15) is 0 Å². The van der Waals surface area contributed by atoms with Gasteiger partial charge in [-0.2, -0.15) is 0 Å². The lowest BCUT2D eigenvalue weighted by atomic mass is 10.5. The Labute approximate surface area is 51.8 Å². The second kappa shape index (κ2) is 5.06. The second-order valence-corrected chi connectivity index (χ2v) is 1.68. The zero-order chi connectivity index (χ0) is 6.41. The van der Waals surface area contributed by atoms with Crippen molar-refractivity contribution in [3.63, 3.8) is 0 Å². The summed E-state index contributed by atoms with van der Waals surface area (Å²) in [5.41, 5.74) is 3.15. The third-order valence-corrected chi connectivity index (χ3v) is 1.05. The van der Waals surface area contributed by atoms with Crippen LogP contribution >= 0.6 is 0 Å². The van der Waals surface area contributed by atoms with Crippen LogP contribution in [0.2, 0.25) is 0 Å². The normalized spacial score (nSPS) is 19.9. The summed E-state index contributed by atoms with van der Waals surface area (Å²) < 4.78 is 0. The number of hydrazine groups is 1. The molecule has 50 valence electrons. The van der Waals surface area contributed by atoms with E-state index < -0.39 is 0 Å². The number of nitrogens with one attached hydrogen (secondary N) is 1. The Hall–Kier alpha value is -0.0800. The monoisotopic (exact) mass is 116 g/mol. The molecule has 0 aromatic carbocycles. The van der Waals surface area contributed by atoms with Crippen LogP contribution < -0.4 is 5.43 Å². The third-order valence-electron chi connectivity index (χ3n) is 1.05. The minimum atomic E-state index is 1.16. The van der Waals surface area contributed by atoms with E-state index >= 15 is 0 Å². The first-order chi connectivity index (χ1) is 3.89. The Bertz CT molecular complexity index is 39.8. The van der Waals surface area contributed by atoms with Crippen LogP contribution in [0, 0.1) is 0 Å². The molecule has 1 aliphatic heterocycles. The zero-order valence-corrected chi connectivity index (χ0v) is 6.07. The highest BCUT2D eigenvalue weighted by molar-refractivity contribution is 4.54. The SMILES string of the molecule is CC.CN1CCCN1. The van der Waals surface area contributed by atoms with Crippen molar-refractivity contribution in [2.75, 3.05) is 20.1 Å². The molecule has 1 aliphatic rings. The molecule has 1 rings (SSSR count). The predicted molar refractivity (Wildman–Crippen MR) is 36.6 cm³/mol. The van der Waals surface area contributed by atoms with Crippen LogP contribution in [0.4, 0.5) is 0 Å². The molecular formula is C6H16N2. The minimum Gasteiger partial charge on any atom is -0.255 e. The van der Waals surface area contributed by atoms with Gasteiger partial charge in [-0.3, -0.25) is 5.43 Å². The van der Waals surface area contributed by atoms with Gasteiger partial charge in [0.05, 0.1) is 0 Å². The van der Waals surface area contributed by atoms with Crippen molar-refractivity contribution in [3.8, 4) is 0 Å². The quantitative estimate of drug-likeness (QED) is 0.505. The van der Waals surface area contributed by atoms with Crippen molar-refractivity contribution >= 4 is 0 Å². The van der Waals surface area contributed by atoms with Gasteiger partial charge in [-0.1, -0.05) is 13.8 Å². The first-order valence-electron chi connectivity index (χ1n) is 3.34. The summed E-state index contributed by atoms with van der Waals surface area (Å²) in [5.74, 6) is 0. The fourth-order valence-corrected chi connectivity index (χ4v) is 0.665. The Morgan fingerprint density at radius 3 is 2.12 bits per heavy atom. The summed E-state index contributed by atoms with van der Waals surface area (Å²) in [4.78, 5) is 0. The van der Waals surface area contributed by atoms with E-state index in [1.54, 1.807) is 0 Å². The third kappa shape index (κ3) is 2.99. The van der Waals surface area contributed by atoms with E-state index in [4.69, 9.17) is 0 Å². The van der Waals surface area contributed by atoms with E-state index in [0.717, 1.165) is 6.54 Å². The highest BCUT2D eigenvalue weighted by Crippen LogP contribution is 1.88. The fraction of sp³-hybridized carbons (Fsp3) is 1.00. The Morgan fingerprint density at radius 2 is 2.00 bits per heavy atom. The maximum absolute atomic E-state index is 3.15. The van der Waals surface area contributed by atoms with Gasteiger partial charge in [0, 0.05) is 20.1 Å². The Morgan fingerprint density at radius 1 is 1.38 bits per heavy atom. The van der Waals surface area contributed by atoms with E-state index in [-0.39, 0.29) is 0 Å². The van der Waals surface area contributed by atoms with Gasteiger partial charge < -0.3 is 0 Å². The second-order valence-electron chi connectivity index (χ2n) is 1.68. The largest absolute Gasteiger partial charge is 0.255 e. The molecule has 0 radical (unpaired) electrons. The van der Waals surface area contributed by atoms with E-state index in [1.165, 1.54) is 13.0 Å². The van der Waals surface area contributed by atoms with E-state index in [1.807, 2.05) is 13.8 Å². The number of hydrogen-bond acceptors (Lipinski definition) is 2. The lowest BCUT2D eigenvalue weighted by Gasteiger charge is -2.03. The molecule has 2 heteroatoms. The average Bonchev–Trinajstić information content (AvgIpc) is 2.24. The van der Waals surface area contributed by atoms with Gasteiger partial charge >= 0.3 is 0 Å². The van der Waals surface area contributed by atoms with E-state index in [0.29, 0.717) is 0 Å². The maximum atomic E-state index is 3.15. The molecule has 0 aromatic heterocycles. The van der Waals surface area contributed by atoms with Crippen molar-refractivity contribution in [3.05, 3.63) is 0 Å². The van der Waals surface area contributed by atoms with Crippen LogP contribution in [0.5, 0.6) is 0 Å². The summed E-state index contributed by atoms with van der Waals surface area (Å²) in [6.07, 6.45) is 1.30. The van der Waals surface area contributed by atoms with Gasteiger partial charge in [0.25, 0.3) is 0 Å². The van der Waals surface area contributed by atoms with Crippen molar-refractivity contribution in [1.29, 1.82) is 0 Å². The fourth-order valence-electron chi connectivity index (χ4n) is 0.665. The topological polar surface area (TPSA) is 15.3 Å². The molecule has 0 spiro atoms. The smallest absolute Gasteiger partial charge is 0.0140 e. The summed E-state index contributed by atoms with van der Waals surface area (Å²) in [6.45, 7) is 6.37. The molecule has 0 unspecified atom stereocenters. The number of rotatable bonds is 0. The highest BCUT2D eigenvalue weighted by atomic mass is 15.5. The van der Waals surface area contributed by atoms with Crippen LogP contribution in [0.3, 0.4) is 0 Å². The molecule has 2 nitrogen and oxygen atoms in total. The lowest BCUT2D eigenvalue weighted by Crippen LogP contribution is -2.25. The standard InChI is InChI=1S/C4H10N2.C2H6/c1-6-4-2-3-5-6;1-2/h5H,2-4H2,1H3;1-2H3. The first-order valence-corrected chi connectivity index (χ1v) is 3.34. The van der Waals surface area contributed by atoms with Gasteiger partial charge in [0.2, 0.25) is 0 Å². The van der Waals surface area contributed by atoms with Crippen LogP contribution in [0.1, 0.15) is 20.3 Å². The molecular weight excluding hydrogens is 100 g/mol. The van der Waals surface area contributed by atoms with Gasteiger partial charge in [-0.25, -0.2) is 5.01 Å². The summed E-state index contributed by atoms with van der Waals surface area (Å²) >= 11 is 0. The minimum absolute atomic E-state index is 1.16. The molecule has 0 bridgehead atoms. The molecule has 1 heterocycles. The van der Waals surface area contributed by atoms with Gasteiger partial charge in [-0.05, 0) is 6.42 Å². The molecule has 0 aromatic rings. The Balaban J connectivity index is 0.000000222. The molecule has 1 N–H and O–H groups in total. The molecule has 1 fully saturated rings. The molecule has 0 aliphatic carbocycles. The summed E-state index contributed by atoms with van der Waals surface area (Å²) in [7, 11) is 2.06. The van der Waals surface area contributed by atoms with Crippen molar-refractivity contribution in [1.82, 2.24) is 10.4 Å². The van der Waals surface area contributed by atoms with E-state index in [9.17, 15) is 0 Å². The summed E-state index contributed by atoms with van der Waals surface area (Å²) in [6, 6.07) is 0. The maximum Gasteiger partial charge on any atom is 0.0140 e. The molecule has 0 saturated carbocycles. The lowest BCUT2D eigenvalue weighted by molar-refractivity contribution is 0.316. The van der Waals surface area contributed by atoms with Crippen LogP contribution in [0.15, 0.2) is 0 Å².